The number of hydrogen-bond acceptors (Lipinski definition) is 2. The number of para-hydroxylation sites is 2. The van der Waals surface area contributed by atoms with E-state index in [9.17, 15) is 13.2 Å². The maximum absolute atomic E-state index is 13.2. The van der Waals surface area contributed by atoms with Gasteiger partial charge in [-0.25, -0.2) is 13.2 Å². The molecule has 0 aliphatic rings. The second-order valence-electron chi connectivity index (χ2n) is 6.88. The van der Waals surface area contributed by atoms with Gasteiger partial charge >= 0.3 is 0 Å². The molecule has 0 amide bonds. The standard InChI is InChI=1S/C14H13N.C13H8F3N/c1-12-6-5-7-13(10-12)11-15-14-8-3-2-4-9-14;14-9-6-12(15)11(13(16)7-9)8-17-10-4-2-1-3-5-10/h2-11H,1H3;1-8H/b15-11+;17-8+. The van der Waals surface area contributed by atoms with Crippen molar-refractivity contribution in [3.63, 3.8) is 0 Å². The molecule has 0 heterocycles. The molecule has 0 saturated heterocycles. The van der Waals surface area contributed by atoms with Gasteiger partial charge in [-0.2, -0.15) is 0 Å². The molecule has 0 spiro atoms. The summed E-state index contributed by atoms with van der Waals surface area (Å²) in [4.78, 5) is 8.29. The normalized spacial score (nSPS) is 10.9. The summed E-state index contributed by atoms with van der Waals surface area (Å²) in [5, 5.41) is 0. The number of hydrogen-bond donors (Lipinski definition) is 0. The fraction of sp³-hybridized carbons (Fsp3) is 0.0370. The van der Waals surface area contributed by atoms with Gasteiger partial charge in [-0.1, -0.05) is 66.2 Å². The molecule has 2 nitrogen and oxygen atoms in total. The third-order valence-electron chi connectivity index (χ3n) is 4.30. The molecular formula is C27H21F3N2. The minimum atomic E-state index is -0.970. The molecule has 0 unspecified atom stereocenters. The van der Waals surface area contributed by atoms with Crippen molar-refractivity contribution < 1.29 is 13.2 Å². The zero-order chi connectivity index (χ0) is 22.8. The first kappa shape index (κ1) is 22.7. The third kappa shape index (κ3) is 7.06. The second-order valence-corrected chi connectivity index (χ2v) is 6.88. The van der Waals surface area contributed by atoms with Crippen LogP contribution in [0.4, 0.5) is 24.5 Å². The molecule has 0 aliphatic carbocycles. The molecule has 160 valence electrons. The molecule has 0 atom stereocenters. The van der Waals surface area contributed by atoms with Gasteiger partial charge in [0, 0.05) is 24.6 Å². The Hall–Kier alpha value is -3.99. The predicted octanol–water partition coefficient (Wildman–Crippen LogP) is 7.60. The van der Waals surface area contributed by atoms with Crippen molar-refractivity contribution in [2.24, 2.45) is 9.98 Å². The maximum Gasteiger partial charge on any atom is 0.137 e. The molecular weight excluding hydrogens is 409 g/mol. The lowest BCUT2D eigenvalue weighted by Gasteiger charge is -1.99. The zero-order valence-corrected chi connectivity index (χ0v) is 17.4. The zero-order valence-electron chi connectivity index (χ0n) is 17.4. The van der Waals surface area contributed by atoms with Gasteiger partial charge in [0.05, 0.1) is 16.9 Å². The number of aryl methyl sites for hydroxylation is 1. The highest BCUT2D eigenvalue weighted by Gasteiger charge is 2.08. The van der Waals surface area contributed by atoms with E-state index in [0.717, 1.165) is 17.5 Å². The summed E-state index contributed by atoms with van der Waals surface area (Å²) in [5.74, 6) is -2.89. The molecule has 5 heteroatoms. The average Bonchev–Trinajstić information content (AvgIpc) is 2.79. The van der Waals surface area contributed by atoms with E-state index >= 15 is 0 Å². The van der Waals surface area contributed by atoms with Crippen molar-refractivity contribution in [3.8, 4) is 0 Å². The number of rotatable bonds is 4. The van der Waals surface area contributed by atoms with E-state index in [-0.39, 0.29) is 5.56 Å². The average molecular weight is 430 g/mol. The molecule has 0 radical (unpaired) electrons. The van der Waals surface area contributed by atoms with Gasteiger partial charge in [0.1, 0.15) is 17.5 Å². The Kier molecular flexibility index (Phi) is 8.09. The van der Waals surface area contributed by atoms with E-state index < -0.39 is 17.5 Å². The quantitative estimate of drug-likeness (QED) is 0.298. The first-order valence-corrected chi connectivity index (χ1v) is 9.91. The lowest BCUT2D eigenvalue weighted by Crippen LogP contribution is -1.95. The van der Waals surface area contributed by atoms with E-state index in [1.54, 1.807) is 30.3 Å². The van der Waals surface area contributed by atoms with Crippen LogP contribution in [0.5, 0.6) is 0 Å². The van der Waals surface area contributed by atoms with Crippen LogP contribution < -0.4 is 0 Å². The molecule has 0 aliphatic heterocycles. The SMILES string of the molecule is Cc1cccc(/C=N/c2ccccc2)c1.Fc1cc(F)c(/C=N/c2ccccc2)c(F)c1. The molecule has 0 bridgehead atoms. The molecule has 0 aromatic heterocycles. The van der Waals surface area contributed by atoms with Crippen LogP contribution in [0.25, 0.3) is 0 Å². The Morgan fingerprint density at radius 3 is 1.66 bits per heavy atom. The van der Waals surface area contributed by atoms with E-state index in [4.69, 9.17) is 0 Å². The van der Waals surface area contributed by atoms with Crippen LogP contribution in [0.15, 0.2) is 107 Å². The summed E-state index contributed by atoms with van der Waals surface area (Å²) in [7, 11) is 0. The van der Waals surface area contributed by atoms with Crippen LogP contribution in [-0.4, -0.2) is 12.4 Å². The predicted molar refractivity (Wildman–Crippen MR) is 125 cm³/mol. The van der Waals surface area contributed by atoms with Crippen molar-refractivity contribution in [2.45, 2.75) is 6.92 Å². The van der Waals surface area contributed by atoms with Gasteiger partial charge in [-0.15, -0.1) is 0 Å². The van der Waals surface area contributed by atoms with Crippen LogP contribution in [0.2, 0.25) is 0 Å². The molecule has 0 saturated carbocycles. The molecule has 4 rings (SSSR count). The number of halogens is 3. The van der Waals surface area contributed by atoms with Crippen LogP contribution in [0, 0.1) is 24.4 Å². The smallest absolute Gasteiger partial charge is 0.137 e. The van der Waals surface area contributed by atoms with Gasteiger partial charge in [0.2, 0.25) is 0 Å². The van der Waals surface area contributed by atoms with E-state index in [0.29, 0.717) is 17.8 Å². The summed E-state index contributed by atoms with van der Waals surface area (Å²) >= 11 is 0. The first-order chi connectivity index (χ1) is 15.5. The van der Waals surface area contributed by atoms with Crippen LogP contribution in [0.3, 0.4) is 0 Å². The van der Waals surface area contributed by atoms with Crippen molar-refractivity contribution >= 4 is 23.8 Å². The summed E-state index contributed by atoms with van der Waals surface area (Å²) in [6.07, 6.45) is 2.93. The number of aliphatic imine (C=N–C) groups is 2. The topological polar surface area (TPSA) is 24.7 Å². The third-order valence-corrected chi connectivity index (χ3v) is 4.30. The Bertz CT molecular complexity index is 1180. The summed E-state index contributed by atoms with van der Waals surface area (Å²) in [6, 6.07) is 28.2. The lowest BCUT2D eigenvalue weighted by molar-refractivity contribution is 0.541. The highest BCUT2D eigenvalue weighted by Crippen LogP contribution is 2.15. The van der Waals surface area contributed by atoms with Gasteiger partial charge in [0.25, 0.3) is 0 Å². The lowest BCUT2D eigenvalue weighted by atomic mass is 10.1. The Morgan fingerprint density at radius 1 is 0.594 bits per heavy atom. The van der Waals surface area contributed by atoms with Crippen molar-refractivity contribution in [1.82, 2.24) is 0 Å². The van der Waals surface area contributed by atoms with Crippen LogP contribution >= 0.6 is 0 Å². The maximum atomic E-state index is 13.2. The fourth-order valence-electron chi connectivity index (χ4n) is 2.74. The number of benzene rings is 4. The van der Waals surface area contributed by atoms with E-state index in [2.05, 4.69) is 35.1 Å². The number of nitrogens with zero attached hydrogens (tertiary/aromatic N) is 2. The molecule has 4 aromatic carbocycles. The van der Waals surface area contributed by atoms with Crippen molar-refractivity contribution in [2.75, 3.05) is 0 Å². The minimum Gasteiger partial charge on any atom is -0.256 e. The van der Waals surface area contributed by atoms with Crippen LogP contribution in [-0.2, 0) is 0 Å². The summed E-state index contributed by atoms with van der Waals surface area (Å²) in [6.45, 7) is 2.08. The molecule has 0 fully saturated rings. The second kappa shape index (κ2) is 11.4. The molecule has 32 heavy (non-hydrogen) atoms. The monoisotopic (exact) mass is 430 g/mol. The highest BCUT2D eigenvalue weighted by atomic mass is 19.1. The highest BCUT2D eigenvalue weighted by molar-refractivity contribution is 5.83. The first-order valence-electron chi connectivity index (χ1n) is 9.91. The summed E-state index contributed by atoms with van der Waals surface area (Å²) in [5.41, 5.74) is 3.59. The Morgan fingerprint density at radius 2 is 1.12 bits per heavy atom. The molecule has 0 N–H and O–H groups in total. The molecule has 4 aromatic rings. The Labute approximate surface area is 185 Å². The minimum absolute atomic E-state index is 0.352. The Balaban J connectivity index is 0.000000182. The van der Waals surface area contributed by atoms with E-state index in [1.807, 2.05) is 42.6 Å². The largest absolute Gasteiger partial charge is 0.256 e. The summed E-state index contributed by atoms with van der Waals surface area (Å²) < 4.78 is 39.1. The van der Waals surface area contributed by atoms with E-state index in [1.165, 1.54) is 5.56 Å². The van der Waals surface area contributed by atoms with Crippen molar-refractivity contribution in [1.29, 1.82) is 0 Å². The van der Waals surface area contributed by atoms with Crippen LogP contribution in [0.1, 0.15) is 16.7 Å². The van der Waals surface area contributed by atoms with Gasteiger partial charge in [0.15, 0.2) is 0 Å². The van der Waals surface area contributed by atoms with Gasteiger partial charge in [-0.3, -0.25) is 9.98 Å². The van der Waals surface area contributed by atoms with Gasteiger partial charge in [-0.05, 0) is 36.8 Å². The fourth-order valence-corrected chi connectivity index (χ4v) is 2.74. The van der Waals surface area contributed by atoms with Gasteiger partial charge < -0.3 is 0 Å². The van der Waals surface area contributed by atoms with Crippen molar-refractivity contribution in [3.05, 3.63) is 131 Å².